The molecule has 7 amide bonds. The van der Waals surface area contributed by atoms with E-state index in [9.17, 15) is 38.7 Å². The van der Waals surface area contributed by atoms with Gasteiger partial charge in [0.05, 0.1) is 18.7 Å². The molecular weight excluding hydrogens is 923 g/mol. The topological polar surface area (TPSA) is 231 Å². The van der Waals surface area contributed by atoms with Gasteiger partial charge in [0.2, 0.25) is 29.5 Å². The van der Waals surface area contributed by atoms with Gasteiger partial charge in [-0.15, -0.1) is 0 Å². The zero-order valence-electron chi connectivity index (χ0n) is 43.2. The quantitative estimate of drug-likeness (QED) is 0.125. The van der Waals surface area contributed by atoms with Gasteiger partial charge in [0.25, 0.3) is 0 Å². The maximum absolute atomic E-state index is 14.7. The van der Waals surface area contributed by atoms with Gasteiger partial charge in [-0.25, -0.2) is 9.59 Å². The molecule has 3 fully saturated rings. The Labute approximate surface area is 425 Å². The minimum absolute atomic E-state index is 0.00847. The van der Waals surface area contributed by atoms with E-state index in [1.165, 1.54) is 4.90 Å². The van der Waals surface area contributed by atoms with E-state index in [2.05, 4.69) is 33.5 Å². The highest BCUT2D eigenvalue weighted by Gasteiger charge is 2.40. The smallest absolute Gasteiger partial charge is 0.410 e. The zero-order chi connectivity index (χ0) is 52.0. The predicted molar refractivity (Wildman–Crippen MR) is 272 cm³/mol. The first-order chi connectivity index (χ1) is 34.6. The van der Waals surface area contributed by atoms with Gasteiger partial charge in [-0.1, -0.05) is 120 Å². The molecule has 19 heteroatoms. The Hall–Kier alpha value is -5.79. The fraction of sp³-hybridized carbons (Fsp3) is 0.642. The maximum Gasteiger partial charge on any atom is 0.410 e. The largest absolute Gasteiger partial charge is 0.445 e. The summed E-state index contributed by atoms with van der Waals surface area (Å²) in [7, 11) is 1.61. The van der Waals surface area contributed by atoms with Crippen LogP contribution in [0.1, 0.15) is 103 Å². The van der Waals surface area contributed by atoms with Crippen LogP contribution in [-0.2, 0) is 46.7 Å². The number of nitrogens with one attached hydrogen (secondary N) is 5. The number of aliphatic hydroxyl groups is 1. The molecule has 5 rings (SSSR count). The molecule has 1 unspecified atom stereocenters. The van der Waals surface area contributed by atoms with Crippen LogP contribution in [0.3, 0.4) is 0 Å². The van der Waals surface area contributed by atoms with Crippen molar-refractivity contribution in [1.82, 2.24) is 46.2 Å². The molecule has 398 valence electrons. The third kappa shape index (κ3) is 18.1. The van der Waals surface area contributed by atoms with Crippen molar-refractivity contribution in [2.24, 2.45) is 11.8 Å². The fourth-order valence-corrected chi connectivity index (χ4v) is 9.59. The molecule has 6 atom stereocenters. The van der Waals surface area contributed by atoms with Crippen LogP contribution in [0.4, 0.5) is 9.59 Å². The standard InChI is InChI=1S/C53H81N9O10/c1-6-7-8-18-26-61-27-25-54-49(66)46(44(63)34-60-28-30-62(31-29-60)53(70)72-36-40-21-14-10-15-22-40)58-47(64)42(33-55-52(69)71-35-39-19-12-9-13-20-39)56-50(67)45(41-23-16-11-17-24-41)57-48(65)43(32-37(2)3)59(5)51(68)38(61)4/h9-10,12-15,19-22,37-38,41-46,63H,6-8,11,16-18,23-36H2,1-5H3,(H,54,66)(H,55,69)(H,56,67)(H,57,65)(H,58,64)/t38-,42-,43-,44?,45-,46-/m0/s1. The molecule has 2 aromatic carbocycles. The van der Waals surface area contributed by atoms with Crippen molar-refractivity contribution in [2.75, 3.05) is 66.0 Å². The minimum Gasteiger partial charge on any atom is -0.445 e. The number of hydrogen-bond acceptors (Lipinski definition) is 12. The summed E-state index contributed by atoms with van der Waals surface area (Å²) in [5, 5.41) is 25.9. The van der Waals surface area contributed by atoms with Crippen LogP contribution in [-0.4, -0.2) is 169 Å². The first kappa shape index (κ1) is 57.1. The van der Waals surface area contributed by atoms with Crippen molar-refractivity contribution in [2.45, 2.75) is 141 Å². The molecule has 1 saturated carbocycles. The number of alkyl carbamates (subject to hydrolysis) is 1. The van der Waals surface area contributed by atoms with Gasteiger partial charge in [0, 0.05) is 52.9 Å². The van der Waals surface area contributed by atoms with Crippen molar-refractivity contribution in [3.8, 4) is 0 Å². The molecular formula is C53H81N9O10. The van der Waals surface area contributed by atoms with Crippen LogP contribution < -0.4 is 26.6 Å². The second-order valence-corrected chi connectivity index (χ2v) is 19.9. The molecule has 72 heavy (non-hydrogen) atoms. The third-order valence-corrected chi connectivity index (χ3v) is 14.0. The van der Waals surface area contributed by atoms with E-state index in [4.69, 9.17) is 9.47 Å². The van der Waals surface area contributed by atoms with Crippen LogP contribution in [0.2, 0.25) is 0 Å². The number of piperazine rings is 1. The van der Waals surface area contributed by atoms with Gasteiger partial charge >= 0.3 is 12.2 Å². The molecule has 3 aliphatic rings. The maximum atomic E-state index is 14.7. The molecule has 19 nitrogen and oxygen atoms in total. The van der Waals surface area contributed by atoms with Crippen LogP contribution in [0.15, 0.2) is 60.7 Å². The SMILES string of the molecule is CCCCCCN1CCNC(=O)[C@H](C(O)CN2CCN(C(=O)OCc3ccccc3)CC2)NC(=O)[C@H](CNC(=O)OCc2ccccc2)NC(=O)[C@H](C2CCCCC2)NC(=O)[C@H](CC(C)C)N(C)C(=O)[C@@H]1C. The predicted octanol–water partition coefficient (Wildman–Crippen LogP) is 3.54. The molecule has 0 bridgehead atoms. The minimum atomic E-state index is -1.55. The number of amides is 7. The van der Waals surface area contributed by atoms with Crippen LogP contribution in [0.5, 0.6) is 0 Å². The number of rotatable bonds is 17. The number of aliphatic hydroxyl groups excluding tert-OH is 1. The van der Waals surface area contributed by atoms with Gasteiger partial charge in [-0.05, 0) is 62.1 Å². The van der Waals surface area contributed by atoms with Gasteiger partial charge in [-0.3, -0.25) is 33.8 Å². The molecule has 2 saturated heterocycles. The number of carbonyl (C=O) groups is 7. The van der Waals surface area contributed by atoms with Crippen molar-refractivity contribution in [3.05, 3.63) is 71.8 Å². The van der Waals surface area contributed by atoms with Crippen molar-refractivity contribution < 1.29 is 48.1 Å². The summed E-state index contributed by atoms with van der Waals surface area (Å²) in [6.45, 7) is 9.46. The molecule has 6 N–H and O–H groups in total. The Morgan fingerprint density at radius 2 is 1.40 bits per heavy atom. The summed E-state index contributed by atoms with van der Waals surface area (Å²) in [5.74, 6) is -3.32. The Morgan fingerprint density at radius 1 is 0.764 bits per heavy atom. The lowest BCUT2D eigenvalue weighted by molar-refractivity contribution is -0.144. The molecule has 2 aliphatic heterocycles. The number of nitrogens with zero attached hydrogens (tertiary/aromatic N) is 4. The summed E-state index contributed by atoms with van der Waals surface area (Å²) in [6.07, 6.45) is 5.13. The lowest BCUT2D eigenvalue weighted by Gasteiger charge is -2.37. The summed E-state index contributed by atoms with van der Waals surface area (Å²) in [4.78, 5) is 106. The summed E-state index contributed by atoms with van der Waals surface area (Å²) < 4.78 is 11.0. The summed E-state index contributed by atoms with van der Waals surface area (Å²) >= 11 is 0. The molecule has 0 aromatic heterocycles. The Balaban J connectivity index is 1.43. The van der Waals surface area contributed by atoms with Crippen LogP contribution in [0.25, 0.3) is 0 Å². The highest BCUT2D eigenvalue weighted by molar-refractivity contribution is 5.96. The second kappa shape index (κ2) is 29.7. The lowest BCUT2D eigenvalue weighted by atomic mass is 9.83. The number of hydrogen-bond donors (Lipinski definition) is 6. The number of unbranched alkanes of at least 4 members (excludes halogenated alkanes) is 3. The van der Waals surface area contributed by atoms with E-state index < -0.39 is 78.7 Å². The third-order valence-electron chi connectivity index (χ3n) is 14.0. The molecule has 2 aromatic rings. The van der Waals surface area contributed by atoms with Gasteiger partial charge in [0.15, 0.2) is 0 Å². The molecule has 0 spiro atoms. The van der Waals surface area contributed by atoms with Crippen LogP contribution in [0, 0.1) is 11.8 Å². The monoisotopic (exact) mass is 1000 g/mol. The van der Waals surface area contributed by atoms with E-state index in [1.54, 1.807) is 43.1 Å². The first-order valence-corrected chi connectivity index (χ1v) is 26.1. The van der Waals surface area contributed by atoms with Crippen molar-refractivity contribution in [1.29, 1.82) is 0 Å². The number of ether oxygens (including phenoxy) is 2. The highest BCUT2D eigenvalue weighted by Crippen LogP contribution is 2.27. The average molecular weight is 1000 g/mol. The fourth-order valence-electron chi connectivity index (χ4n) is 9.59. The van der Waals surface area contributed by atoms with Gasteiger partial charge in [-0.2, -0.15) is 0 Å². The first-order valence-electron chi connectivity index (χ1n) is 26.1. The van der Waals surface area contributed by atoms with E-state index in [-0.39, 0.29) is 50.6 Å². The lowest BCUT2D eigenvalue weighted by Crippen LogP contribution is -2.64. The normalized spacial score (nSPS) is 23.5. The van der Waals surface area contributed by atoms with E-state index in [1.807, 2.05) is 60.0 Å². The second-order valence-electron chi connectivity index (χ2n) is 19.9. The summed E-state index contributed by atoms with van der Waals surface area (Å²) in [5.41, 5.74) is 1.58. The van der Waals surface area contributed by atoms with Gasteiger partial charge in [0.1, 0.15) is 37.4 Å². The molecule has 2 heterocycles. The van der Waals surface area contributed by atoms with Crippen molar-refractivity contribution >= 4 is 41.7 Å². The number of likely N-dealkylation sites (N-methyl/N-ethyl adjacent to an activating group) is 1. The Kier molecular flexibility index (Phi) is 23.5. The molecule has 0 radical (unpaired) electrons. The van der Waals surface area contributed by atoms with E-state index in [0.717, 1.165) is 56.1 Å². The average Bonchev–Trinajstić information content (AvgIpc) is 3.39. The Morgan fingerprint density at radius 3 is 2.03 bits per heavy atom. The van der Waals surface area contributed by atoms with E-state index >= 15 is 0 Å². The summed E-state index contributed by atoms with van der Waals surface area (Å²) in [6, 6.07) is 12.6. The van der Waals surface area contributed by atoms with Crippen molar-refractivity contribution in [3.63, 3.8) is 0 Å². The van der Waals surface area contributed by atoms with Crippen LogP contribution >= 0.6 is 0 Å². The zero-order valence-corrected chi connectivity index (χ0v) is 43.2. The number of carbonyl (C=O) groups excluding carboxylic acids is 7. The molecule has 1 aliphatic carbocycles. The van der Waals surface area contributed by atoms with E-state index in [0.29, 0.717) is 52.0 Å². The highest BCUT2D eigenvalue weighted by atomic mass is 16.6. The number of β-amino-alcohol motifs (C(OH)–C–C–N with tert-alkyl or cyclic N) is 1. The van der Waals surface area contributed by atoms with Gasteiger partial charge < -0.3 is 51.0 Å². The Bertz CT molecular complexity index is 2030. The number of benzene rings is 2.